The van der Waals surface area contributed by atoms with E-state index < -0.39 is 29.4 Å². The standard InChI is InChI=1S/C19H20O6/c1-10(2)7-16(21)24-18-17(22)12-8-11-5-6-15(20)23-13(11)9-14(12)25-19(18,3)4/h5-9,17-18,22H,1-4H3/t17-,18+/m1/s1. The summed E-state index contributed by atoms with van der Waals surface area (Å²) in [7, 11) is 0. The van der Waals surface area contributed by atoms with Crippen molar-refractivity contribution in [3.05, 3.63) is 51.9 Å². The van der Waals surface area contributed by atoms with Gasteiger partial charge in [0.25, 0.3) is 0 Å². The molecule has 1 aromatic carbocycles. The van der Waals surface area contributed by atoms with Gasteiger partial charge in [0, 0.05) is 29.2 Å². The zero-order valence-electron chi connectivity index (χ0n) is 14.5. The van der Waals surface area contributed by atoms with Crippen LogP contribution in [0.2, 0.25) is 0 Å². The quantitative estimate of drug-likeness (QED) is 0.512. The molecule has 1 aliphatic rings. The molecule has 1 aromatic heterocycles. The summed E-state index contributed by atoms with van der Waals surface area (Å²) in [5, 5.41) is 11.4. The van der Waals surface area contributed by atoms with E-state index >= 15 is 0 Å². The van der Waals surface area contributed by atoms with Crippen LogP contribution in [0.5, 0.6) is 5.75 Å². The number of ether oxygens (including phenoxy) is 2. The van der Waals surface area contributed by atoms with Crippen LogP contribution in [-0.4, -0.2) is 22.8 Å². The van der Waals surface area contributed by atoms with E-state index in [0.29, 0.717) is 22.3 Å². The number of hydrogen-bond acceptors (Lipinski definition) is 6. The lowest BCUT2D eigenvalue weighted by atomic mass is 9.87. The smallest absolute Gasteiger partial charge is 0.336 e. The largest absolute Gasteiger partial charge is 0.483 e. The first kappa shape index (κ1) is 17.2. The summed E-state index contributed by atoms with van der Waals surface area (Å²) in [5.41, 5.74) is 0.234. The van der Waals surface area contributed by atoms with Gasteiger partial charge in [0.1, 0.15) is 23.0 Å². The summed E-state index contributed by atoms with van der Waals surface area (Å²) in [6.07, 6.45) is -0.575. The van der Waals surface area contributed by atoms with Crippen LogP contribution in [-0.2, 0) is 9.53 Å². The van der Waals surface area contributed by atoms with Crippen molar-refractivity contribution < 1.29 is 23.8 Å². The van der Waals surface area contributed by atoms with Crippen LogP contribution in [0.3, 0.4) is 0 Å². The van der Waals surface area contributed by atoms with Crippen molar-refractivity contribution in [1.29, 1.82) is 0 Å². The second kappa shape index (κ2) is 6.04. The Balaban J connectivity index is 2.03. The van der Waals surface area contributed by atoms with Gasteiger partial charge in [0.2, 0.25) is 0 Å². The zero-order chi connectivity index (χ0) is 18.4. The van der Waals surface area contributed by atoms with Gasteiger partial charge in [-0.15, -0.1) is 0 Å². The van der Waals surface area contributed by atoms with Crippen molar-refractivity contribution in [2.75, 3.05) is 0 Å². The van der Waals surface area contributed by atoms with Crippen LogP contribution in [0.15, 0.2) is 45.1 Å². The Morgan fingerprint density at radius 2 is 2.00 bits per heavy atom. The lowest BCUT2D eigenvalue weighted by Crippen LogP contribution is -2.51. The van der Waals surface area contributed by atoms with Gasteiger partial charge < -0.3 is 19.0 Å². The first-order valence-corrected chi connectivity index (χ1v) is 7.98. The molecule has 2 atom stereocenters. The summed E-state index contributed by atoms with van der Waals surface area (Å²) in [6, 6.07) is 6.17. The Morgan fingerprint density at radius 3 is 2.68 bits per heavy atom. The number of rotatable bonds is 2. The Labute approximate surface area is 144 Å². The first-order chi connectivity index (χ1) is 11.7. The normalized spacial score (nSPS) is 21.2. The van der Waals surface area contributed by atoms with Crippen molar-refractivity contribution in [1.82, 2.24) is 0 Å². The minimum atomic E-state index is -1.07. The number of carbonyl (C=O) groups excluding carboxylic acids is 1. The Morgan fingerprint density at radius 1 is 1.28 bits per heavy atom. The minimum Gasteiger partial charge on any atom is -0.483 e. The van der Waals surface area contributed by atoms with Gasteiger partial charge in [-0.2, -0.15) is 0 Å². The monoisotopic (exact) mass is 344 g/mol. The second-order valence-electron chi connectivity index (χ2n) is 6.91. The number of fused-ring (bicyclic) bond motifs is 2. The Hall–Kier alpha value is -2.60. The molecule has 0 saturated heterocycles. The molecule has 25 heavy (non-hydrogen) atoms. The maximum Gasteiger partial charge on any atom is 0.336 e. The van der Waals surface area contributed by atoms with E-state index in [4.69, 9.17) is 13.9 Å². The molecule has 132 valence electrons. The molecule has 0 unspecified atom stereocenters. The molecule has 0 radical (unpaired) electrons. The number of aliphatic hydroxyl groups excluding tert-OH is 1. The average Bonchev–Trinajstić information content (AvgIpc) is 2.49. The van der Waals surface area contributed by atoms with Gasteiger partial charge in [-0.1, -0.05) is 5.57 Å². The van der Waals surface area contributed by atoms with E-state index in [1.807, 2.05) is 0 Å². The number of carbonyl (C=O) groups is 1. The summed E-state index contributed by atoms with van der Waals surface area (Å²) in [4.78, 5) is 23.4. The van der Waals surface area contributed by atoms with Gasteiger partial charge in [0.15, 0.2) is 6.10 Å². The predicted octanol–water partition coefficient (Wildman–Crippen LogP) is 2.88. The summed E-state index contributed by atoms with van der Waals surface area (Å²) in [6.45, 7) is 7.03. The van der Waals surface area contributed by atoms with E-state index in [0.717, 1.165) is 5.57 Å². The SMILES string of the molecule is CC(C)=CC(=O)O[C@H]1[C@H](O)c2cc3ccc(=O)oc3cc2OC1(C)C. The minimum absolute atomic E-state index is 0.370. The highest BCUT2D eigenvalue weighted by Gasteiger charge is 2.46. The van der Waals surface area contributed by atoms with E-state index in [-0.39, 0.29) is 0 Å². The molecule has 0 aliphatic carbocycles. The fraction of sp³-hybridized carbons (Fsp3) is 0.368. The Kier molecular flexibility index (Phi) is 4.16. The summed E-state index contributed by atoms with van der Waals surface area (Å²) < 4.78 is 16.5. The molecule has 0 saturated carbocycles. The summed E-state index contributed by atoms with van der Waals surface area (Å²) >= 11 is 0. The molecule has 1 aliphatic heterocycles. The molecule has 6 heteroatoms. The van der Waals surface area contributed by atoms with E-state index in [1.54, 1.807) is 45.9 Å². The fourth-order valence-corrected chi connectivity index (χ4v) is 2.92. The molecule has 0 amide bonds. The molecule has 6 nitrogen and oxygen atoms in total. The van der Waals surface area contributed by atoms with Crippen LogP contribution in [0, 0.1) is 0 Å². The molecule has 2 aromatic rings. The van der Waals surface area contributed by atoms with Gasteiger partial charge in [-0.25, -0.2) is 9.59 Å². The third-order valence-electron chi connectivity index (χ3n) is 4.07. The molecular formula is C19H20O6. The van der Waals surface area contributed by atoms with Crippen LogP contribution in [0.4, 0.5) is 0 Å². The topological polar surface area (TPSA) is 86.0 Å². The molecular weight excluding hydrogens is 324 g/mol. The average molecular weight is 344 g/mol. The van der Waals surface area contributed by atoms with Crippen molar-refractivity contribution in [3.8, 4) is 5.75 Å². The lowest BCUT2D eigenvalue weighted by Gasteiger charge is -2.41. The molecule has 3 rings (SSSR count). The fourth-order valence-electron chi connectivity index (χ4n) is 2.92. The van der Waals surface area contributed by atoms with E-state index in [1.165, 1.54) is 12.1 Å². The van der Waals surface area contributed by atoms with Gasteiger partial charge in [0.05, 0.1) is 0 Å². The lowest BCUT2D eigenvalue weighted by molar-refractivity contribution is -0.172. The van der Waals surface area contributed by atoms with Crippen LogP contribution < -0.4 is 10.4 Å². The zero-order valence-corrected chi connectivity index (χ0v) is 14.5. The highest BCUT2D eigenvalue weighted by atomic mass is 16.6. The molecule has 0 spiro atoms. The van der Waals surface area contributed by atoms with Gasteiger partial charge >= 0.3 is 11.6 Å². The van der Waals surface area contributed by atoms with Gasteiger partial charge in [-0.3, -0.25) is 0 Å². The van der Waals surface area contributed by atoms with E-state index in [9.17, 15) is 14.7 Å². The number of esters is 1. The molecule has 0 fully saturated rings. The van der Waals surface area contributed by atoms with Crippen LogP contribution in [0.1, 0.15) is 39.4 Å². The molecule has 2 heterocycles. The van der Waals surface area contributed by atoms with E-state index in [2.05, 4.69) is 0 Å². The molecule has 1 N–H and O–H groups in total. The van der Waals surface area contributed by atoms with Crippen molar-refractivity contribution in [2.24, 2.45) is 0 Å². The van der Waals surface area contributed by atoms with Gasteiger partial charge in [-0.05, 0) is 39.8 Å². The second-order valence-corrected chi connectivity index (χ2v) is 6.91. The Bertz CT molecular complexity index is 917. The van der Waals surface area contributed by atoms with Crippen molar-refractivity contribution >= 4 is 16.9 Å². The maximum atomic E-state index is 12.0. The predicted molar refractivity (Wildman–Crippen MR) is 91.5 cm³/mol. The van der Waals surface area contributed by atoms with Crippen molar-refractivity contribution in [3.63, 3.8) is 0 Å². The number of hydrogen-bond donors (Lipinski definition) is 1. The van der Waals surface area contributed by atoms with Crippen LogP contribution >= 0.6 is 0 Å². The number of benzene rings is 1. The summed E-state index contributed by atoms with van der Waals surface area (Å²) in [5.74, 6) is -0.134. The molecule has 0 bridgehead atoms. The maximum absolute atomic E-state index is 12.0. The first-order valence-electron chi connectivity index (χ1n) is 7.98. The van der Waals surface area contributed by atoms with Crippen LogP contribution in [0.25, 0.3) is 11.0 Å². The number of allylic oxidation sites excluding steroid dienone is 1. The van der Waals surface area contributed by atoms with Crippen molar-refractivity contribution in [2.45, 2.75) is 45.5 Å². The third-order valence-corrected chi connectivity index (χ3v) is 4.07. The highest BCUT2D eigenvalue weighted by Crippen LogP contribution is 2.43. The third kappa shape index (κ3) is 3.30. The highest BCUT2D eigenvalue weighted by molar-refractivity contribution is 5.83. The number of aliphatic hydroxyl groups is 1.